The summed E-state index contributed by atoms with van der Waals surface area (Å²) in [6.45, 7) is 4.94. The lowest BCUT2D eigenvalue weighted by Gasteiger charge is -2.06. The lowest BCUT2D eigenvalue weighted by Crippen LogP contribution is -2.25. The summed E-state index contributed by atoms with van der Waals surface area (Å²) in [4.78, 5) is 0. The molecule has 2 aromatic rings. The van der Waals surface area contributed by atoms with Crippen molar-refractivity contribution in [2.45, 2.75) is 32.0 Å². The van der Waals surface area contributed by atoms with Gasteiger partial charge >= 0.3 is 0 Å². The fourth-order valence-electron chi connectivity index (χ4n) is 1.66. The van der Waals surface area contributed by atoms with Crippen LogP contribution in [0.1, 0.15) is 23.9 Å². The number of aromatic amines is 1. The van der Waals surface area contributed by atoms with Gasteiger partial charge in [0.25, 0.3) is 10.0 Å². The van der Waals surface area contributed by atoms with E-state index in [-0.39, 0.29) is 11.6 Å². The lowest BCUT2D eigenvalue weighted by molar-refractivity contribution is 0.390. The van der Waals surface area contributed by atoms with Crippen LogP contribution in [0.3, 0.4) is 0 Å². The topological polar surface area (TPSA) is 113 Å². The van der Waals surface area contributed by atoms with Crippen molar-refractivity contribution in [3.05, 3.63) is 29.3 Å². The molecule has 0 aliphatic carbocycles. The van der Waals surface area contributed by atoms with E-state index in [9.17, 15) is 8.42 Å². The summed E-state index contributed by atoms with van der Waals surface area (Å²) in [7, 11) is -3.66. The van der Waals surface area contributed by atoms with E-state index in [0.29, 0.717) is 23.6 Å². The second kappa shape index (κ2) is 6.16. The normalized spacial score (nSPS) is 11.9. The van der Waals surface area contributed by atoms with Crippen molar-refractivity contribution in [2.24, 2.45) is 0 Å². The minimum Gasteiger partial charge on any atom is -0.361 e. The Morgan fingerprint density at radius 1 is 1.40 bits per heavy atom. The van der Waals surface area contributed by atoms with Gasteiger partial charge < -0.3 is 9.84 Å². The largest absolute Gasteiger partial charge is 0.361 e. The van der Waals surface area contributed by atoms with Gasteiger partial charge in [-0.05, 0) is 13.5 Å². The number of aryl methyl sites for hydroxylation is 1. The SMILES string of the molecule is CCNCc1cn[nH]c1S(=O)(=O)NCc1cc(C)on1. The molecule has 0 aromatic carbocycles. The Bertz CT molecular complexity index is 661. The molecule has 0 saturated heterocycles. The highest BCUT2D eigenvalue weighted by atomic mass is 32.2. The molecule has 110 valence electrons. The van der Waals surface area contributed by atoms with E-state index in [0.717, 1.165) is 6.54 Å². The molecule has 8 nitrogen and oxygen atoms in total. The highest BCUT2D eigenvalue weighted by molar-refractivity contribution is 7.89. The minimum atomic E-state index is -3.66. The zero-order valence-electron chi connectivity index (χ0n) is 11.3. The Kier molecular flexibility index (Phi) is 4.53. The summed E-state index contributed by atoms with van der Waals surface area (Å²) in [6, 6.07) is 1.68. The lowest BCUT2D eigenvalue weighted by atomic mass is 10.3. The molecule has 0 unspecified atom stereocenters. The molecule has 3 N–H and O–H groups in total. The van der Waals surface area contributed by atoms with Crippen LogP contribution in [0.25, 0.3) is 0 Å². The Morgan fingerprint density at radius 2 is 2.20 bits per heavy atom. The maximum absolute atomic E-state index is 12.2. The smallest absolute Gasteiger partial charge is 0.258 e. The fourth-order valence-corrected chi connectivity index (χ4v) is 2.79. The number of H-pyrrole nitrogens is 1. The minimum absolute atomic E-state index is 0.0682. The standard InChI is InChI=1S/C11H17N5O3S/c1-3-12-5-9-6-13-15-11(9)20(17,18)14-7-10-4-8(2)19-16-10/h4,6,12,14H,3,5,7H2,1-2H3,(H,13,15). The summed E-state index contributed by atoms with van der Waals surface area (Å²) >= 11 is 0. The first kappa shape index (κ1) is 14.7. The molecule has 0 aliphatic rings. The molecule has 0 aliphatic heterocycles. The van der Waals surface area contributed by atoms with Crippen molar-refractivity contribution >= 4 is 10.0 Å². The van der Waals surface area contributed by atoms with Crippen LogP contribution in [0.15, 0.2) is 21.8 Å². The van der Waals surface area contributed by atoms with Gasteiger partial charge in [0, 0.05) is 18.2 Å². The van der Waals surface area contributed by atoms with Crippen molar-refractivity contribution < 1.29 is 12.9 Å². The molecule has 2 heterocycles. The number of aromatic nitrogens is 3. The second-order valence-electron chi connectivity index (χ2n) is 4.26. The molecule has 0 amide bonds. The average molecular weight is 299 g/mol. The molecule has 0 spiro atoms. The first-order valence-corrected chi connectivity index (χ1v) is 7.66. The quantitative estimate of drug-likeness (QED) is 0.677. The van der Waals surface area contributed by atoms with Crippen molar-refractivity contribution in [1.82, 2.24) is 25.4 Å². The number of hydrogen-bond donors (Lipinski definition) is 3. The van der Waals surface area contributed by atoms with Crippen LogP contribution in [-0.2, 0) is 23.1 Å². The van der Waals surface area contributed by atoms with Crippen molar-refractivity contribution in [3.8, 4) is 0 Å². The predicted octanol–water partition coefficient (Wildman–Crippen LogP) is 0.294. The molecular weight excluding hydrogens is 282 g/mol. The Balaban J connectivity index is 2.08. The van der Waals surface area contributed by atoms with E-state index in [1.807, 2.05) is 6.92 Å². The van der Waals surface area contributed by atoms with E-state index < -0.39 is 10.0 Å². The first-order chi connectivity index (χ1) is 9.53. The van der Waals surface area contributed by atoms with Crippen molar-refractivity contribution in [3.63, 3.8) is 0 Å². The number of rotatable bonds is 7. The molecule has 2 aromatic heterocycles. The first-order valence-electron chi connectivity index (χ1n) is 6.17. The number of nitrogens with zero attached hydrogens (tertiary/aromatic N) is 2. The van der Waals surface area contributed by atoms with Gasteiger partial charge in [0.05, 0.1) is 18.4 Å². The van der Waals surface area contributed by atoms with E-state index >= 15 is 0 Å². The summed E-state index contributed by atoms with van der Waals surface area (Å²) in [6.07, 6.45) is 1.50. The Hall–Kier alpha value is -1.71. The van der Waals surface area contributed by atoms with Gasteiger partial charge in [0.15, 0.2) is 5.03 Å². The predicted molar refractivity (Wildman–Crippen MR) is 71.2 cm³/mol. The van der Waals surface area contributed by atoms with Crippen LogP contribution in [0, 0.1) is 6.92 Å². The van der Waals surface area contributed by atoms with Gasteiger partial charge in [-0.2, -0.15) is 5.10 Å². The summed E-state index contributed by atoms with van der Waals surface area (Å²) < 4.78 is 31.7. The van der Waals surface area contributed by atoms with Gasteiger partial charge in [-0.25, -0.2) is 13.1 Å². The monoisotopic (exact) mass is 299 g/mol. The maximum Gasteiger partial charge on any atom is 0.258 e. The average Bonchev–Trinajstić information content (AvgIpc) is 3.03. The van der Waals surface area contributed by atoms with E-state index in [1.54, 1.807) is 13.0 Å². The van der Waals surface area contributed by atoms with Crippen LogP contribution in [0.5, 0.6) is 0 Å². The van der Waals surface area contributed by atoms with Crippen LogP contribution in [-0.4, -0.2) is 30.3 Å². The maximum atomic E-state index is 12.2. The summed E-state index contributed by atoms with van der Waals surface area (Å²) in [5.74, 6) is 0.633. The number of hydrogen-bond acceptors (Lipinski definition) is 6. The van der Waals surface area contributed by atoms with Crippen LogP contribution in [0.4, 0.5) is 0 Å². The molecule has 0 atom stereocenters. The van der Waals surface area contributed by atoms with Gasteiger partial charge in [-0.15, -0.1) is 0 Å². The van der Waals surface area contributed by atoms with Gasteiger partial charge in [0.1, 0.15) is 5.76 Å². The fraction of sp³-hybridized carbons (Fsp3) is 0.455. The zero-order valence-corrected chi connectivity index (χ0v) is 12.1. The third kappa shape index (κ3) is 3.44. The van der Waals surface area contributed by atoms with Crippen molar-refractivity contribution in [1.29, 1.82) is 0 Å². The number of sulfonamides is 1. The molecule has 0 radical (unpaired) electrons. The van der Waals surface area contributed by atoms with Crippen molar-refractivity contribution in [2.75, 3.05) is 6.54 Å². The van der Waals surface area contributed by atoms with Gasteiger partial charge in [-0.1, -0.05) is 12.1 Å². The summed E-state index contributed by atoms with van der Waals surface area (Å²) in [5, 5.41) is 13.2. The Morgan fingerprint density at radius 3 is 2.85 bits per heavy atom. The highest BCUT2D eigenvalue weighted by Crippen LogP contribution is 2.12. The number of nitrogens with one attached hydrogen (secondary N) is 3. The third-order valence-corrected chi connectivity index (χ3v) is 4.05. The molecular formula is C11H17N5O3S. The molecule has 20 heavy (non-hydrogen) atoms. The van der Waals surface area contributed by atoms with Gasteiger partial charge in [-0.3, -0.25) is 5.10 Å². The molecule has 0 bridgehead atoms. The van der Waals surface area contributed by atoms with E-state index in [2.05, 4.69) is 25.4 Å². The molecule has 0 fully saturated rings. The highest BCUT2D eigenvalue weighted by Gasteiger charge is 2.20. The molecule has 2 rings (SSSR count). The zero-order chi connectivity index (χ0) is 14.6. The van der Waals surface area contributed by atoms with Crippen LogP contribution >= 0.6 is 0 Å². The van der Waals surface area contributed by atoms with Crippen LogP contribution < -0.4 is 10.0 Å². The summed E-state index contributed by atoms with van der Waals surface area (Å²) in [5.41, 5.74) is 1.12. The molecule has 0 saturated carbocycles. The Labute approximate surface area is 117 Å². The second-order valence-corrected chi connectivity index (χ2v) is 5.96. The van der Waals surface area contributed by atoms with E-state index in [4.69, 9.17) is 4.52 Å². The van der Waals surface area contributed by atoms with Gasteiger partial charge in [0.2, 0.25) is 0 Å². The van der Waals surface area contributed by atoms with Crippen LogP contribution in [0.2, 0.25) is 0 Å². The third-order valence-electron chi connectivity index (χ3n) is 2.63. The molecule has 9 heteroatoms. The van der Waals surface area contributed by atoms with E-state index in [1.165, 1.54) is 6.20 Å².